The van der Waals surface area contributed by atoms with Crippen molar-refractivity contribution in [2.75, 3.05) is 11.9 Å². The van der Waals surface area contributed by atoms with Gasteiger partial charge in [-0.15, -0.1) is 0 Å². The number of anilines is 1. The van der Waals surface area contributed by atoms with Gasteiger partial charge in [0.15, 0.2) is 0 Å². The molecule has 0 aliphatic rings. The fraction of sp³-hybridized carbons (Fsp3) is 0.208. The van der Waals surface area contributed by atoms with Crippen molar-refractivity contribution in [1.82, 2.24) is 15.3 Å². The van der Waals surface area contributed by atoms with Crippen molar-refractivity contribution in [3.05, 3.63) is 72.6 Å². The Balaban J connectivity index is 1.59. The smallest absolute Gasteiger partial charge is 0.247 e. The zero-order valence-corrected chi connectivity index (χ0v) is 17.1. The van der Waals surface area contributed by atoms with Gasteiger partial charge in [-0.05, 0) is 36.7 Å². The van der Waals surface area contributed by atoms with Crippen LogP contribution in [0.5, 0.6) is 0 Å². The van der Waals surface area contributed by atoms with Gasteiger partial charge >= 0.3 is 0 Å². The number of H-pyrrole nitrogens is 1. The summed E-state index contributed by atoms with van der Waals surface area (Å²) in [6.45, 7) is 0.426. The predicted molar refractivity (Wildman–Crippen MR) is 123 cm³/mol. The second-order valence-corrected chi connectivity index (χ2v) is 7.44. The number of nitrogens with zero attached hydrogens (tertiary/aromatic N) is 1. The molecule has 0 saturated heterocycles. The Morgan fingerprint density at radius 2 is 1.81 bits per heavy atom. The third-order valence-corrected chi connectivity index (χ3v) is 5.27. The average molecular weight is 415 g/mol. The fourth-order valence-corrected chi connectivity index (χ4v) is 3.68. The highest BCUT2D eigenvalue weighted by Gasteiger charge is 2.23. The van der Waals surface area contributed by atoms with Gasteiger partial charge < -0.3 is 21.4 Å². The van der Waals surface area contributed by atoms with Crippen LogP contribution >= 0.6 is 0 Å². The quantitative estimate of drug-likeness (QED) is 0.354. The van der Waals surface area contributed by atoms with Crippen LogP contribution in [0.15, 0.2) is 67.0 Å². The first-order valence-electron chi connectivity index (χ1n) is 10.3. The molecule has 0 fully saturated rings. The van der Waals surface area contributed by atoms with Gasteiger partial charge in [0.05, 0.1) is 11.2 Å². The number of fused-ring (bicyclic) bond motifs is 2. The Bertz CT molecular complexity index is 1210. The van der Waals surface area contributed by atoms with Crippen LogP contribution in [0.25, 0.3) is 21.8 Å². The largest absolute Gasteiger partial charge is 0.361 e. The zero-order valence-electron chi connectivity index (χ0n) is 17.1. The van der Waals surface area contributed by atoms with Gasteiger partial charge in [-0.2, -0.15) is 0 Å². The number of aromatic amines is 1. The SMILES string of the molecule is NCCCC(=O)NC(Cc1c[nH]c2ccccc12)C(=O)Nc1ccnc2ccccc12. The van der Waals surface area contributed by atoms with E-state index < -0.39 is 6.04 Å². The third-order valence-electron chi connectivity index (χ3n) is 5.27. The minimum Gasteiger partial charge on any atom is -0.361 e. The molecular formula is C24H25N5O2. The molecule has 0 bridgehead atoms. The van der Waals surface area contributed by atoms with E-state index in [2.05, 4.69) is 20.6 Å². The number of nitrogens with two attached hydrogens (primary N) is 1. The number of carbonyl (C=O) groups is 2. The maximum Gasteiger partial charge on any atom is 0.247 e. The van der Waals surface area contributed by atoms with Crippen molar-refractivity contribution in [3.63, 3.8) is 0 Å². The second kappa shape index (κ2) is 9.40. The maximum absolute atomic E-state index is 13.2. The molecule has 0 radical (unpaired) electrons. The van der Waals surface area contributed by atoms with E-state index in [-0.39, 0.29) is 18.2 Å². The molecule has 158 valence electrons. The highest BCUT2D eigenvalue weighted by molar-refractivity contribution is 6.04. The number of carbonyl (C=O) groups excluding carboxylic acids is 2. The van der Waals surface area contributed by atoms with Gasteiger partial charge in [0.1, 0.15) is 6.04 Å². The van der Waals surface area contributed by atoms with Crippen molar-refractivity contribution in [2.45, 2.75) is 25.3 Å². The summed E-state index contributed by atoms with van der Waals surface area (Å²) in [5.74, 6) is -0.465. The lowest BCUT2D eigenvalue weighted by Crippen LogP contribution is -2.45. The molecular weight excluding hydrogens is 390 g/mol. The van der Waals surface area contributed by atoms with Gasteiger partial charge in [-0.1, -0.05) is 36.4 Å². The van der Waals surface area contributed by atoms with E-state index in [4.69, 9.17) is 5.73 Å². The molecule has 2 aromatic carbocycles. The minimum atomic E-state index is -0.726. The molecule has 31 heavy (non-hydrogen) atoms. The number of rotatable bonds is 8. The normalized spacial score (nSPS) is 12.0. The highest BCUT2D eigenvalue weighted by Crippen LogP contribution is 2.23. The number of nitrogens with one attached hydrogen (secondary N) is 3. The summed E-state index contributed by atoms with van der Waals surface area (Å²) in [5, 5.41) is 7.74. The number of amides is 2. The summed E-state index contributed by atoms with van der Waals surface area (Å²) < 4.78 is 0. The first-order valence-corrected chi connectivity index (χ1v) is 10.3. The van der Waals surface area contributed by atoms with Crippen LogP contribution < -0.4 is 16.4 Å². The summed E-state index contributed by atoms with van der Waals surface area (Å²) in [4.78, 5) is 33.2. The molecule has 1 atom stereocenters. The van der Waals surface area contributed by atoms with Crippen LogP contribution in [0.4, 0.5) is 5.69 Å². The maximum atomic E-state index is 13.2. The molecule has 7 heteroatoms. The molecule has 7 nitrogen and oxygen atoms in total. The van der Waals surface area contributed by atoms with E-state index in [1.54, 1.807) is 12.3 Å². The molecule has 2 heterocycles. The highest BCUT2D eigenvalue weighted by atomic mass is 16.2. The Hall–Kier alpha value is -3.71. The molecule has 0 aliphatic heterocycles. The van der Waals surface area contributed by atoms with Gasteiger partial charge in [-0.3, -0.25) is 14.6 Å². The number of para-hydroxylation sites is 2. The molecule has 4 aromatic rings. The summed E-state index contributed by atoms with van der Waals surface area (Å²) in [7, 11) is 0. The number of pyridine rings is 1. The van der Waals surface area contributed by atoms with E-state index in [1.807, 2.05) is 54.7 Å². The van der Waals surface area contributed by atoms with Gasteiger partial charge in [-0.25, -0.2) is 0 Å². The Morgan fingerprint density at radius 3 is 2.65 bits per heavy atom. The number of aromatic nitrogens is 2. The van der Waals surface area contributed by atoms with E-state index in [0.717, 1.165) is 27.4 Å². The lowest BCUT2D eigenvalue weighted by atomic mass is 10.0. The van der Waals surface area contributed by atoms with E-state index in [0.29, 0.717) is 25.1 Å². The van der Waals surface area contributed by atoms with Crippen LogP contribution in [-0.4, -0.2) is 34.4 Å². The van der Waals surface area contributed by atoms with Crippen molar-refractivity contribution in [2.24, 2.45) is 5.73 Å². The van der Waals surface area contributed by atoms with Gasteiger partial charge in [0.25, 0.3) is 0 Å². The van der Waals surface area contributed by atoms with Gasteiger partial charge in [0, 0.05) is 41.5 Å². The molecule has 4 rings (SSSR count). The van der Waals surface area contributed by atoms with Gasteiger partial charge in [0.2, 0.25) is 11.8 Å². The summed E-state index contributed by atoms with van der Waals surface area (Å²) in [5.41, 5.74) is 8.94. The van der Waals surface area contributed by atoms with Crippen LogP contribution in [0.3, 0.4) is 0 Å². The van der Waals surface area contributed by atoms with Crippen LogP contribution in [0.1, 0.15) is 18.4 Å². The van der Waals surface area contributed by atoms with Crippen LogP contribution in [-0.2, 0) is 16.0 Å². The topological polar surface area (TPSA) is 113 Å². The van der Waals surface area contributed by atoms with E-state index in [9.17, 15) is 9.59 Å². The van der Waals surface area contributed by atoms with E-state index in [1.165, 1.54) is 0 Å². The van der Waals surface area contributed by atoms with Crippen molar-refractivity contribution in [1.29, 1.82) is 0 Å². The standard InChI is InChI=1S/C24H25N5O2/c25-12-5-10-23(30)28-22(14-16-15-27-19-8-3-1-6-17(16)19)24(31)29-21-11-13-26-20-9-4-2-7-18(20)21/h1-4,6-9,11,13,15,22,27H,5,10,12,14,25H2,(H,28,30)(H,26,29,31). The Kier molecular flexibility index (Phi) is 6.24. The molecule has 2 amide bonds. The monoisotopic (exact) mass is 415 g/mol. The number of hydrogen-bond donors (Lipinski definition) is 4. The van der Waals surface area contributed by atoms with Crippen molar-refractivity contribution >= 4 is 39.3 Å². The molecule has 1 unspecified atom stereocenters. The predicted octanol–water partition coefficient (Wildman–Crippen LogP) is 3.12. The van der Waals surface area contributed by atoms with Crippen LogP contribution in [0.2, 0.25) is 0 Å². The molecule has 2 aromatic heterocycles. The van der Waals surface area contributed by atoms with Crippen LogP contribution in [0, 0.1) is 0 Å². The second-order valence-electron chi connectivity index (χ2n) is 7.44. The van der Waals surface area contributed by atoms with Crippen molar-refractivity contribution < 1.29 is 9.59 Å². The molecule has 0 saturated carbocycles. The van der Waals surface area contributed by atoms with E-state index >= 15 is 0 Å². The minimum absolute atomic E-state index is 0.190. The number of hydrogen-bond acceptors (Lipinski definition) is 4. The molecule has 5 N–H and O–H groups in total. The average Bonchev–Trinajstić information content (AvgIpc) is 3.20. The number of benzene rings is 2. The lowest BCUT2D eigenvalue weighted by molar-refractivity contribution is -0.126. The summed E-state index contributed by atoms with van der Waals surface area (Å²) >= 11 is 0. The Morgan fingerprint density at radius 1 is 1.03 bits per heavy atom. The Labute approximate surface area is 180 Å². The first-order chi connectivity index (χ1) is 15.2. The fourth-order valence-electron chi connectivity index (χ4n) is 3.68. The summed E-state index contributed by atoms with van der Waals surface area (Å²) in [6, 6.07) is 16.5. The first kappa shape index (κ1) is 20.6. The van der Waals surface area contributed by atoms with Crippen molar-refractivity contribution in [3.8, 4) is 0 Å². The third kappa shape index (κ3) is 4.73. The molecule has 0 aliphatic carbocycles. The summed E-state index contributed by atoms with van der Waals surface area (Å²) in [6.07, 6.45) is 4.77. The lowest BCUT2D eigenvalue weighted by Gasteiger charge is -2.19. The zero-order chi connectivity index (χ0) is 21.6. The molecule has 0 spiro atoms.